The molecule has 0 radical (unpaired) electrons. The Labute approximate surface area is 159 Å². The number of hydrogen-bond donors (Lipinski definition) is 0. The molecule has 2 aromatic rings. The molecule has 1 aliphatic carbocycles. The highest BCUT2D eigenvalue weighted by molar-refractivity contribution is 5.83. The second-order valence-electron chi connectivity index (χ2n) is 7.05. The first-order chi connectivity index (χ1) is 13.0. The van der Waals surface area contributed by atoms with E-state index < -0.39 is 23.5 Å². The predicted octanol–water partition coefficient (Wildman–Crippen LogP) is 7.69. The summed E-state index contributed by atoms with van der Waals surface area (Å²) in [5.74, 6) is 0. The lowest BCUT2D eigenvalue weighted by Gasteiger charge is -2.18. The Bertz CT molecular complexity index is 884. The first-order valence-electron chi connectivity index (χ1n) is 9.18. The van der Waals surface area contributed by atoms with E-state index in [0.717, 1.165) is 47.2 Å². The lowest BCUT2D eigenvalue weighted by molar-refractivity contribution is -0.143. The van der Waals surface area contributed by atoms with Crippen LogP contribution >= 0.6 is 0 Å². The highest BCUT2D eigenvalue weighted by atomic mass is 19.4. The Morgan fingerprint density at radius 3 is 1.96 bits per heavy atom. The van der Waals surface area contributed by atoms with E-state index in [1.165, 1.54) is 0 Å². The Morgan fingerprint density at radius 1 is 0.857 bits per heavy atom. The van der Waals surface area contributed by atoms with Gasteiger partial charge in [0.2, 0.25) is 0 Å². The molecule has 0 aliphatic heterocycles. The molecule has 0 bridgehead atoms. The summed E-state index contributed by atoms with van der Waals surface area (Å²) in [5, 5.41) is 0. The van der Waals surface area contributed by atoms with E-state index in [-0.39, 0.29) is 11.6 Å². The van der Waals surface area contributed by atoms with Crippen LogP contribution in [0.1, 0.15) is 54.5 Å². The normalized spacial score (nSPS) is 14.2. The van der Waals surface area contributed by atoms with Gasteiger partial charge in [0, 0.05) is 0 Å². The molecule has 0 N–H and O–H groups in total. The predicted molar refractivity (Wildman–Crippen MR) is 97.8 cm³/mol. The van der Waals surface area contributed by atoms with E-state index in [4.69, 9.17) is 0 Å². The first-order valence-corrected chi connectivity index (χ1v) is 9.18. The van der Waals surface area contributed by atoms with Crippen molar-refractivity contribution < 1.29 is 26.3 Å². The van der Waals surface area contributed by atoms with Gasteiger partial charge in [-0.25, -0.2) is 0 Å². The van der Waals surface area contributed by atoms with Crippen molar-refractivity contribution >= 4 is 6.08 Å². The maximum absolute atomic E-state index is 13.3. The van der Waals surface area contributed by atoms with Crippen LogP contribution in [0.3, 0.4) is 0 Å². The fourth-order valence-electron chi connectivity index (χ4n) is 3.67. The van der Waals surface area contributed by atoms with Crippen molar-refractivity contribution in [2.24, 2.45) is 0 Å². The third kappa shape index (κ3) is 3.96. The average Bonchev–Trinajstić information content (AvgIpc) is 3.03. The quantitative estimate of drug-likeness (QED) is 0.463. The van der Waals surface area contributed by atoms with Crippen LogP contribution in [-0.2, 0) is 25.2 Å². The molecule has 0 atom stereocenters. The van der Waals surface area contributed by atoms with Crippen LogP contribution in [0.25, 0.3) is 17.2 Å². The summed E-state index contributed by atoms with van der Waals surface area (Å²) >= 11 is 0. The Morgan fingerprint density at radius 2 is 1.46 bits per heavy atom. The van der Waals surface area contributed by atoms with Crippen LogP contribution in [0.4, 0.5) is 26.3 Å². The fraction of sp³-hybridized carbons (Fsp3) is 0.364. The summed E-state index contributed by atoms with van der Waals surface area (Å²) in [5.41, 5.74) is 1.46. The van der Waals surface area contributed by atoms with Crippen LogP contribution in [0.15, 0.2) is 35.9 Å². The van der Waals surface area contributed by atoms with Crippen molar-refractivity contribution in [3.63, 3.8) is 0 Å². The fourth-order valence-corrected chi connectivity index (χ4v) is 3.67. The zero-order valence-corrected chi connectivity index (χ0v) is 15.6. The molecule has 0 aromatic heterocycles. The van der Waals surface area contributed by atoms with Gasteiger partial charge < -0.3 is 0 Å². The SMILES string of the molecule is CCCc1ccc2c(c1-c1cc(C(F)(F)F)cc(C(F)(F)F)c1)C=C(CC)C2. The van der Waals surface area contributed by atoms with Gasteiger partial charge in [-0.3, -0.25) is 0 Å². The standard InChI is InChI=1S/C22H20F6/c1-3-5-14-6-7-15-8-13(4-2)9-19(15)20(14)16-10-17(21(23,24)25)12-18(11-16)22(26,27)28/h6-7,9-12H,3-5,8H2,1-2H3. The molecule has 0 heterocycles. The van der Waals surface area contributed by atoms with E-state index >= 15 is 0 Å². The number of aryl methyl sites for hydroxylation is 1. The summed E-state index contributed by atoms with van der Waals surface area (Å²) in [7, 11) is 0. The zero-order chi connectivity index (χ0) is 20.7. The summed E-state index contributed by atoms with van der Waals surface area (Å²) in [6, 6.07) is 5.61. The minimum Gasteiger partial charge on any atom is -0.166 e. The van der Waals surface area contributed by atoms with Crippen LogP contribution < -0.4 is 0 Å². The maximum atomic E-state index is 13.3. The summed E-state index contributed by atoms with van der Waals surface area (Å²) in [4.78, 5) is 0. The van der Waals surface area contributed by atoms with Gasteiger partial charge in [-0.2, -0.15) is 26.3 Å². The monoisotopic (exact) mass is 398 g/mol. The van der Waals surface area contributed by atoms with Crippen molar-refractivity contribution in [2.75, 3.05) is 0 Å². The van der Waals surface area contributed by atoms with Crippen LogP contribution in [-0.4, -0.2) is 0 Å². The molecule has 28 heavy (non-hydrogen) atoms. The number of rotatable bonds is 4. The molecule has 0 nitrogen and oxygen atoms in total. The number of allylic oxidation sites excluding steroid dienone is 1. The van der Waals surface area contributed by atoms with Crippen LogP contribution in [0.5, 0.6) is 0 Å². The molecule has 0 unspecified atom stereocenters. The number of hydrogen-bond acceptors (Lipinski definition) is 0. The second-order valence-corrected chi connectivity index (χ2v) is 7.05. The van der Waals surface area contributed by atoms with Gasteiger partial charge >= 0.3 is 12.4 Å². The molecule has 2 aromatic carbocycles. The van der Waals surface area contributed by atoms with Crippen molar-refractivity contribution in [1.29, 1.82) is 0 Å². The van der Waals surface area contributed by atoms with Gasteiger partial charge in [-0.1, -0.05) is 44.1 Å². The van der Waals surface area contributed by atoms with Gasteiger partial charge in [-0.15, -0.1) is 0 Å². The van der Waals surface area contributed by atoms with E-state index in [0.29, 0.717) is 18.4 Å². The van der Waals surface area contributed by atoms with E-state index in [9.17, 15) is 26.3 Å². The third-order valence-electron chi connectivity index (χ3n) is 5.04. The van der Waals surface area contributed by atoms with Crippen LogP contribution in [0.2, 0.25) is 0 Å². The van der Waals surface area contributed by atoms with E-state index in [1.54, 1.807) is 0 Å². The molecular weight excluding hydrogens is 378 g/mol. The van der Waals surface area contributed by atoms with Gasteiger partial charge in [0.15, 0.2) is 0 Å². The minimum atomic E-state index is -4.86. The van der Waals surface area contributed by atoms with Gasteiger partial charge in [0.05, 0.1) is 11.1 Å². The molecule has 150 valence electrons. The summed E-state index contributed by atoms with van der Waals surface area (Å²) < 4.78 is 79.9. The lowest BCUT2D eigenvalue weighted by atomic mass is 9.88. The Balaban J connectivity index is 2.31. The van der Waals surface area contributed by atoms with Gasteiger partial charge in [0.25, 0.3) is 0 Å². The largest absolute Gasteiger partial charge is 0.416 e. The van der Waals surface area contributed by atoms with E-state index in [1.807, 2.05) is 32.1 Å². The Hall–Kier alpha value is -2.24. The van der Waals surface area contributed by atoms with E-state index in [2.05, 4.69) is 0 Å². The molecule has 3 rings (SSSR count). The molecule has 0 saturated heterocycles. The molecule has 1 aliphatic rings. The first kappa shape index (κ1) is 20.5. The van der Waals surface area contributed by atoms with Gasteiger partial charge in [-0.05, 0) is 65.3 Å². The number of fused-ring (bicyclic) bond motifs is 1. The number of alkyl halides is 6. The molecular formula is C22H20F6. The smallest absolute Gasteiger partial charge is 0.166 e. The maximum Gasteiger partial charge on any atom is 0.416 e. The second kappa shape index (κ2) is 7.30. The molecule has 0 spiro atoms. The molecule has 6 heteroatoms. The van der Waals surface area contributed by atoms with Crippen molar-refractivity contribution in [1.82, 2.24) is 0 Å². The summed E-state index contributed by atoms with van der Waals surface area (Å²) in [6.45, 7) is 3.91. The Kier molecular flexibility index (Phi) is 5.34. The topological polar surface area (TPSA) is 0 Å². The summed E-state index contributed by atoms with van der Waals surface area (Å²) in [6.07, 6.45) is -5.02. The third-order valence-corrected chi connectivity index (χ3v) is 5.04. The number of benzene rings is 2. The molecule has 0 fully saturated rings. The van der Waals surface area contributed by atoms with Crippen LogP contribution in [0, 0.1) is 0 Å². The van der Waals surface area contributed by atoms with Gasteiger partial charge in [0.1, 0.15) is 0 Å². The average molecular weight is 398 g/mol. The molecule has 0 amide bonds. The number of halogens is 6. The zero-order valence-electron chi connectivity index (χ0n) is 15.6. The lowest BCUT2D eigenvalue weighted by Crippen LogP contribution is -2.11. The minimum absolute atomic E-state index is 0.0314. The van der Waals surface area contributed by atoms with Crippen molar-refractivity contribution in [2.45, 2.75) is 51.9 Å². The highest BCUT2D eigenvalue weighted by Gasteiger charge is 2.37. The highest BCUT2D eigenvalue weighted by Crippen LogP contribution is 2.43. The van der Waals surface area contributed by atoms with Crippen molar-refractivity contribution in [3.05, 3.63) is 63.7 Å². The van der Waals surface area contributed by atoms with Crippen molar-refractivity contribution in [3.8, 4) is 11.1 Å². The molecule has 0 saturated carbocycles.